The first-order valence-electron chi connectivity index (χ1n) is 17.1. The van der Waals surface area contributed by atoms with Crippen molar-refractivity contribution in [3.05, 3.63) is 88.2 Å². The average Bonchev–Trinajstić information content (AvgIpc) is 3.12. The molecule has 0 aromatic heterocycles. The minimum Gasteiger partial charge on any atom is -0.475 e. The number of ether oxygens (including phenoxy) is 1. The summed E-state index contributed by atoms with van der Waals surface area (Å²) in [5.41, 5.74) is 1.76. The quantitative estimate of drug-likeness (QED) is 0.193. The van der Waals surface area contributed by atoms with Gasteiger partial charge in [-0.05, 0) is 124 Å². The summed E-state index contributed by atoms with van der Waals surface area (Å²) < 4.78 is 114. The van der Waals surface area contributed by atoms with Gasteiger partial charge in [-0.1, -0.05) is 35.3 Å². The molecule has 2 aliphatic rings. The molecule has 19 heteroatoms. The third-order valence-electron chi connectivity index (χ3n) is 9.22. The van der Waals surface area contributed by atoms with Crippen molar-refractivity contribution in [3.8, 4) is 5.75 Å². The Morgan fingerprint density at radius 1 is 0.836 bits per heavy atom. The number of hydrogen-bond donors (Lipinski definition) is 1. The number of nitrogens with zero attached hydrogens (tertiary/aromatic N) is 3. The summed E-state index contributed by atoms with van der Waals surface area (Å²) in [6.07, 6.45) is -5.67. The van der Waals surface area contributed by atoms with Crippen LogP contribution in [0.15, 0.2) is 71.6 Å². The zero-order chi connectivity index (χ0) is 40.6. The van der Waals surface area contributed by atoms with E-state index in [1.807, 2.05) is 12.1 Å². The second-order valence-corrected chi connectivity index (χ2v) is 15.8. The number of alkyl halides is 6. The maximum atomic E-state index is 13.9. The first-order valence-corrected chi connectivity index (χ1v) is 19.3. The second kappa shape index (κ2) is 19.0. The van der Waals surface area contributed by atoms with Gasteiger partial charge in [0.1, 0.15) is 11.6 Å². The van der Waals surface area contributed by atoms with E-state index in [2.05, 4.69) is 9.64 Å². The number of carbonyl (C=O) groups is 2. The van der Waals surface area contributed by atoms with Crippen LogP contribution >= 0.6 is 23.2 Å². The van der Waals surface area contributed by atoms with E-state index >= 15 is 0 Å². The molecule has 0 bridgehead atoms. The number of anilines is 1. The maximum absolute atomic E-state index is 13.9. The summed E-state index contributed by atoms with van der Waals surface area (Å²) in [5.74, 6) is -3.52. The smallest absolute Gasteiger partial charge is 0.475 e. The lowest BCUT2D eigenvalue weighted by atomic mass is 9.90. The van der Waals surface area contributed by atoms with E-state index in [0.717, 1.165) is 75.1 Å². The van der Waals surface area contributed by atoms with Crippen LogP contribution in [0.1, 0.15) is 37.7 Å². The fourth-order valence-corrected chi connectivity index (χ4v) is 8.13. The Kier molecular flexibility index (Phi) is 15.2. The molecule has 302 valence electrons. The number of amides is 1. The Labute approximate surface area is 323 Å². The number of benzene rings is 3. The second-order valence-electron chi connectivity index (χ2n) is 13.1. The van der Waals surface area contributed by atoms with Gasteiger partial charge in [0, 0.05) is 31.2 Å². The average molecular weight is 845 g/mol. The van der Waals surface area contributed by atoms with Crippen molar-refractivity contribution in [3.63, 3.8) is 0 Å². The highest BCUT2D eigenvalue weighted by Gasteiger charge is 2.38. The number of aliphatic carboxylic acids is 1. The molecule has 2 aliphatic heterocycles. The van der Waals surface area contributed by atoms with E-state index < -0.39 is 40.2 Å². The third kappa shape index (κ3) is 13.2. The van der Waals surface area contributed by atoms with Gasteiger partial charge in [0.2, 0.25) is 15.9 Å². The SMILES string of the molecule is O=C(C1CCN(S(=O)(=O)c2ccc(OC(F)(F)F)cc2)CC1)N(CCCN1CCC(Cc2ccc(F)cc2)CC1)c1ccc(Cl)c(Cl)c1.O=C(O)C(F)(F)F. The summed E-state index contributed by atoms with van der Waals surface area (Å²) in [6.45, 7) is 3.30. The van der Waals surface area contributed by atoms with Crippen molar-refractivity contribution >= 4 is 50.8 Å². The summed E-state index contributed by atoms with van der Waals surface area (Å²) in [5, 5.41) is 7.82. The summed E-state index contributed by atoms with van der Waals surface area (Å²) in [6, 6.07) is 15.8. The van der Waals surface area contributed by atoms with Gasteiger partial charge in [-0.2, -0.15) is 17.5 Å². The monoisotopic (exact) mass is 843 g/mol. The van der Waals surface area contributed by atoms with Crippen molar-refractivity contribution in [1.82, 2.24) is 9.21 Å². The van der Waals surface area contributed by atoms with E-state index in [4.69, 9.17) is 33.1 Å². The third-order valence-corrected chi connectivity index (χ3v) is 11.9. The van der Waals surface area contributed by atoms with Crippen LogP contribution in [0.3, 0.4) is 0 Å². The maximum Gasteiger partial charge on any atom is 0.573 e. The van der Waals surface area contributed by atoms with Gasteiger partial charge in [-0.3, -0.25) is 4.79 Å². The Hall–Kier alpha value is -3.64. The Balaban J connectivity index is 0.000000876. The van der Waals surface area contributed by atoms with Crippen molar-refractivity contribution in [2.75, 3.05) is 44.2 Å². The zero-order valence-electron chi connectivity index (χ0n) is 29.1. The summed E-state index contributed by atoms with van der Waals surface area (Å²) in [4.78, 5) is 26.8. The lowest BCUT2D eigenvalue weighted by Crippen LogP contribution is -2.45. The number of carbonyl (C=O) groups excluding carboxylic acids is 1. The van der Waals surface area contributed by atoms with E-state index in [1.54, 1.807) is 23.1 Å². The number of halogens is 9. The van der Waals surface area contributed by atoms with E-state index in [9.17, 15) is 43.9 Å². The number of likely N-dealkylation sites (tertiary alicyclic amines) is 1. The largest absolute Gasteiger partial charge is 0.573 e. The van der Waals surface area contributed by atoms with E-state index in [0.29, 0.717) is 28.2 Å². The summed E-state index contributed by atoms with van der Waals surface area (Å²) >= 11 is 12.5. The highest BCUT2D eigenvalue weighted by molar-refractivity contribution is 7.89. The van der Waals surface area contributed by atoms with Crippen molar-refractivity contribution < 1.29 is 58.6 Å². The molecule has 3 aromatic rings. The molecular weight excluding hydrogens is 806 g/mol. The molecule has 9 nitrogen and oxygen atoms in total. The minimum atomic E-state index is -5.08. The number of rotatable bonds is 11. The van der Waals surface area contributed by atoms with Gasteiger partial charge in [0.25, 0.3) is 0 Å². The van der Waals surface area contributed by atoms with E-state index in [-0.39, 0.29) is 42.6 Å². The Morgan fingerprint density at radius 2 is 1.42 bits per heavy atom. The molecule has 1 N–H and O–H groups in total. The highest BCUT2D eigenvalue weighted by atomic mass is 35.5. The van der Waals surface area contributed by atoms with Gasteiger partial charge in [-0.25, -0.2) is 17.6 Å². The van der Waals surface area contributed by atoms with Gasteiger partial charge in [-0.15, -0.1) is 13.2 Å². The molecule has 3 aromatic carbocycles. The van der Waals surface area contributed by atoms with Gasteiger partial charge in [0.05, 0.1) is 14.9 Å². The predicted molar refractivity (Wildman–Crippen MR) is 191 cm³/mol. The lowest BCUT2D eigenvalue weighted by Gasteiger charge is -2.35. The molecule has 0 saturated carbocycles. The summed E-state index contributed by atoms with van der Waals surface area (Å²) in [7, 11) is -3.99. The van der Waals surface area contributed by atoms with Crippen LogP contribution in [0.5, 0.6) is 5.75 Å². The fraction of sp³-hybridized carbons (Fsp3) is 0.444. The number of sulfonamides is 1. The molecule has 0 aliphatic carbocycles. The fourth-order valence-electron chi connectivity index (χ4n) is 6.37. The van der Waals surface area contributed by atoms with Crippen LogP contribution in [-0.4, -0.2) is 86.4 Å². The topological polar surface area (TPSA) is 107 Å². The molecule has 2 heterocycles. The van der Waals surface area contributed by atoms with Crippen molar-refractivity contribution in [1.29, 1.82) is 0 Å². The molecule has 5 rings (SSSR count). The molecule has 0 radical (unpaired) electrons. The number of carboxylic acid groups (broad SMARTS) is 1. The Bertz CT molecular complexity index is 1850. The molecule has 0 spiro atoms. The van der Waals surface area contributed by atoms with Crippen LogP contribution in [0.2, 0.25) is 10.0 Å². The molecule has 0 atom stereocenters. The molecular formula is C36H38Cl2F7N3O6S. The van der Waals surface area contributed by atoms with Crippen LogP contribution < -0.4 is 9.64 Å². The number of carboxylic acids is 1. The number of hydrogen-bond acceptors (Lipinski definition) is 6. The highest BCUT2D eigenvalue weighted by Crippen LogP contribution is 2.32. The predicted octanol–water partition coefficient (Wildman–Crippen LogP) is 8.44. The molecule has 2 saturated heterocycles. The first kappa shape index (κ1) is 44.1. The lowest BCUT2D eigenvalue weighted by molar-refractivity contribution is -0.274. The standard InChI is InChI=1S/C34H37Cl2F4N3O4S.C2HF3O2/c35-31-11-6-28(23-32(31)36)43(17-1-16-41-18-12-25(13-19-41)22-24-2-4-27(37)5-3-24)33(44)26-14-20-42(21-15-26)48(45,46)30-9-7-29(8-10-30)47-34(38,39)40;3-2(4,5)1(6)7/h2-11,23,25-26H,1,12-22H2;(H,6,7). The Morgan fingerprint density at radius 3 is 1.95 bits per heavy atom. The molecule has 55 heavy (non-hydrogen) atoms. The van der Waals surface area contributed by atoms with Crippen LogP contribution in [-0.2, 0) is 26.0 Å². The molecule has 2 fully saturated rings. The first-order chi connectivity index (χ1) is 25.7. The van der Waals surface area contributed by atoms with Crippen molar-refractivity contribution in [2.45, 2.75) is 56.0 Å². The van der Waals surface area contributed by atoms with Crippen molar-refractivity contribution in [2.24, 2.45) is 11.8 Å². The normalized spacial score (nSPS) is 16.6. The minimum absolute atomic E-state index is 0.0849. The number of piperidine rings is 2. The molecule has 1 amide bonds. The van der Waals surface area contributed by atoms with Gasteiger partial charge >= 0.3 is 18.5 Å². The van der Waals surface area contributed by atoms with E-state index in [1.165, 1.54) is 16.4 Å². The van der Waals surface area contributed by atoms with Gasteiger partial charge < -0.3 is 19.6 Å². The van der Waals surface area contributed by atoms with Crippen LogP contribution in [0, 0.1) is 17.7 Å². The van der Waals surface area contributed by atoms with Gasteiger partial charge in [0.15, 0.2) is 0 Å². The van der Waals surface area contributed by atoms with Crippen LogP contribution in [0.25, 0.3) is 0 Å². The molecule has 0 unspecified atom stereocenters. The van der Waals surface area contributed by atoms with Crippen LogP contribution in [0.4, 0.5) is 36.4 Å². The zero-order valence-corrected chi connectivity index (χ0v) is 31.5.